The van der Waals surface area contributed by atoms with Crippen LogP contribution in [0, 0.1) is 0 Å². The maximum atomic E-state index is 12.4. The van der Waals surface area contributed by atoms with Gasteiger partial charge < -0.3 is 11.5 Å². The van der Waals surface area contributed by atoms with Crippen LogP contribution in [0.15, 0.2) is 41.7 Å². The number of carbonyl (C=O) groups is 2. The molecule has 7 nitrogen and oxygen atoms in total. The van der Waals surface area contributed by atoms with Crippen molar-refractivity contribution in [3.8, 4) is 0 Å². The van der Waals surface area contributed by atoms with E-state index in [1.165, 1.54) is 12.4 Å². The first-order valence-electron chi connectivity index (χ1n) is 8.10. The number of aliphatic imine (C=N–C) groups is 1. The Morgan fingerprint density at radius 1 is 1.22 bits per heavy atom. The lowest BCUT2D eigenvalue weighted by molar-refractivity contribution is 0.0976. The minimum Gasteiger partial charge on any atom is -0.379 e. The second kappa shape index (κ2) is 8.30. The first-order valence-corrected chi connectivity index (χ1v) is 9.08. The Bertz CT molecular complexity index is 882. The molecule has 0 fully saturated rings. The Kier molecular flexibility index (Phi) is 6.32. The van der Waals surface area contributed by atoms with Gasteiger partial charge in [0.25, 0.3) is 5.91 Å². The molecule has 2 heterocycles. The lowest BCUT2D eigenvalue weighted by Crippen LogP contribution is -2.28. The number of nitrogens with zero attached hydrogens (tertiary/aromatic N) is 3. The van der Waals surface area contributed by atoms with Crippen molar-refractivity contribution in [2.24, 2.45) is 16.5 Å². The molecule has 2 aromatic rings. The van der Waals surface area contributed by atoms with E-state index in [4.69, 9.17) is 11.5 Å². The largest absolute Gasteiger partial charge is 0.379 e. The van der Waals surface area contributed by atoms with Gasteiger partial charge in [0.1, 0.15) is 11.4 Å². The maximum absolute atomic E-state index is 12.4. The van der Waals surface area contributed by atoms with Gasteiger partial charge in [-0.15, -0.1) is 0 Å². The minimum absolute atomic E-state index is 0. The molecule has 0 saturated carbocycles. The van der Waals surface area contributed by atoms with Crippen molar-refractivity contribution in [3.05, 3.63) is 59.2 Å². The molecule has 1 aliphatic rings. The Morgan fingerprint density at radius 3 is 2.56 bits per heavy atom. The minimum atomic E-state index is -0.678. The monoisotopic (exact) mass is 385 g/mol. The van der Waals surface area contributed by atoms with E-state index in [9.17, 15) is 9.59 Å². The molecule has 1 atom stereocenters. The molecule has 0 spiro atoms. The lowest BCUT2D eigenvalue weighted by atomic mass is 9.88. The molecule has 8 heteroatoms. The molecule has 1 amide bonds. The number of amidine groups is 1. The molecule has 3 rings (SSSR count). The van der Waals surface area contributed by atoms with E-state index in [0.717, 1.165) is 23.3 Å². The summed E-state index contributed by atoms with van der Waals surface area (Å²) in [5, 5.41) is 0.588. The number of benzene rings is 1. The molecular weight excluding hydrogens is 362 g/mol. The second-order valence-electron chi connectivity index (χ2n) is 6.27. The summed E-state index contributed by atoms with van der Waals surface area (Å²) < 4.78 is 0. The highest BCUT2D eigenvalue weighted by Gasteiger charge is 2.29. The van der Waals surface area contributed by atoms with Gasteiger partial charge in [-0.1, -0.05) is 43.5 Å². The lowest BCUT2D eigenvalue weighted by Gasteiger charge is -2.30. The highest BCUT2D eigenvalue weighted by Crippen LogP contribution is 2.35. The fraction of sp³-hybridized carbons (Fsp3) is 0.316. The third-order valence-electron chi connectivity index (χ3n) is 4.30. The van der Waals surface area contributed by atoms with E-state index >= 15 is 0 Å². The van der Waals surface area contributed by atoms with Crippen LogP contribution >= 0.6 is 11.8 Å². The summed E-state index contributed by atoms with van der Waals surface area (Å²) in [5.74, 6) is 0.0533. The Hall–Kier alpha value is -2.74. The fourth-order valence-electron chi connectivity index (χ4n) is 2.79. The molecule has 142 valence electrons. The van der Waals surface area contributed by atoms with Crippen molar-refractivity contribution < 1.29 is 9.59 Å². The first kappa shape index (κ1) is 20.6. The zero-order chi connectivity index (χ0) is 18.7. The summed E-state index contributed by atoms with van der Waals surface area (Å²) in [5.41, 5.74) is 12.8. The van der Waals surface area contributed by atoms with Gasteiger partial charge in [0, 0.05) is 12.2 Å². The zero-order valence-electron chi connectivity index (χ0n) is 14.3. The van der Waals surface area contributed by atoms with E-state index in [1.807, 2.05) is 24.3 Å². The summed E-state index contributed by atoms with van der Waals surface area (Å²) in [4.78, 5) is 35.9. The number of Topliss-reactive ketones (excluding diaryl/α,β-unsaturated/α-hetero) is 1. The molecule has 0 aliphatic carbocycles. The quantitative estimate of drug-likeness (QED) is 0.761. The number of hydrogen-bond donors (Lipinski definition) is 2. The highest BCUT2D eigenvalue weighted by atomic mass is 32.2. The standard InChI is InChI=1S/C18H19N5O2S.CH4/c1-18(5-6-26-17(20)23-18)12-4-2-3-11(7-12)8-15(24)13-9-22-14(10-21-13)16(19)25;/h2-4,7,9-10H,5-6,8H2,1H3,(H2,19,25)(H2,20,23);1H4/t18-;/m0./s1. The molecule has 27 heavy (non-hydrogen) atoms. The van der Waals surface area contributed by atoms with Gasteiger partial charge in [0.15, 0.2) is 11.0 Å². The number of rotatable bonds is 5. The van der Waals surface area contributed by atoms with Crippen molar-refractivity contribution in [1.82, 2.24) is 9.97 Å². The molecule has 1 aliphatic heterocycles. The van der Waals surface area contributed by atoms with E-state index < -0.39 is 5.91 Å². The van der Waals surface area contributed by atoms with Crippen molar-refractivity contribution >= 4 is 28.6 Å². The average Bonchev–Trinajstić information content (AvgIpc) is 2.62. The van der Waals surface area contributed by atoms with Gasteiger partial charge in [-0.05, 0) is 24.5 Å². The van der Waals surface area contributed by atoms with Crippen LogP contribution in [0.1, 0.15) is 52.9 Å². The van der Waals surface area contributed by atoms with Crippen LogP contribution in [0.25, 0.3) is 0 Å². The maximum Gasteiger partial charge on any atom is 0.268 e. The first-order chi connectivity index (χ1) is 12.4. The average molecular weight is 385 g/mol. The highest BCUT2D eigenvalue weighted by molar-refractivity contribution is 8.13. The van der Waals surface area contributed by atoms with Crippen LogP contribution in [0.2, 0.25) is 0 Å². The second-order valence-corrected chi connectivity index (χ2v) is 7.39. The molecule has 0 radical (unpaired) electrons. The van der Waals surface area contributed by atoms with Crippen LogP contribution in [0.5, 0.6) is 0 Å². The topological polar surface area (TPSA) is 124 Å². The van der Waals surface area contributed by atoms with Crippen LogP contribution in [-0.4, -0.2) is 32.6 Å². The fourth-order valence-corrected chi connectivity index (χ4v) is 3.76. The SMILES string of the molecule is C.C[C@@]1(c2cccc(CC(=O)c3cnc(C(N)=O)cn3)c2)CCSC(N)=N1. The van der Waals surface area contributed by atoms with E-state index in [-0.39, 0.29) is 36.6 Å². The molecular formula is C19H23N5O2S. The Labute approximate surface area is 162 Å². The van der Waals surface area contributed by atoms with E-state index in [2.05, 4.69) is 21.9 Å². The van der Waals surface area contributed by atoms with Gasteiger partial charge in [0.2, 0.25) is 0 Å². The number of nitrogens with two attached hydrogens (primary N) is 2. The summed E-state index contributed by atoms with van der Waals surface area (Å²) in [6.07, 6.45) is 3.55. The van der Waals surface area contributed by atoms with E-state index in [1.54, 1.807) is 11.8 Å². The van der Waals surface area contributed by atoms with Crippen LogP contribution in [0.3, 0.4) is 0 Å². The van der Waals surface area contributed by atoms with Crippen molar-refractivity contribution in [1.29, 1.82) is 0 Å². The van der Waals surface area contributed by atoms with Crippen molar-refractivity contribution in [2.75, 3.05) is 5.75 Å². The van der Waals surface area contributed by atoms with Gasteiger partial charge in [0.05, 0.1) is 17.9 Å². The summed E-state index contributed by atoms with van der Waals surface area (Å²) in [7, 11) is 0. The molecule has 1 aromatic carbocycles. The van der Waals surface area contributed by atoms with Crippen LogP contribution in [-0.2, 0) is 12.0 Å². The third kappa shape index (κ3) is 4.71. The summed E-state index contributed by atoms with van der Waals surface area (Å²) in [6.45, 7) is 2.05. The molecule has 1 aromatic heterocycles. The zero-order valence-corrected chi connectivity index (χ0v) is 15.1. The number of thioether (sulfide) groups is 1. The predicted octanol–water partition coefficient (Wildman–Crippen LogP) is 2.30. The molecule has 0 bridgehead atoms. The Balaban J connectivity index is 0.00000261. The van der Waals surface area contributed by atoms with Crippen molar-refractivity contribution in [2.45, 2.75) is 32.7 Å². The Morgan fingerprint density at radius 2 is 1.93 bits per heavy atom. The number of carbonyl (C=O) groups excluding carboxylic acids is 2. The van der Waals surface area contributed by atoms with Crippen molar-refractivity contribution in [3.63, 3.8) is 0 Å². The molecule has 0 saturated heterocycles. The smallest absolute Gasteiger partial charge is 0.268 e. The summed E-state index contributed by atoms with van der Waals surface area (Å²) >= 11 is 1.56. The van der Waals surface area contributed by atoms with Crippen LogP contribution < -0.4 is 11.5 Å². The predicted molar refractivity (Wildman–Crippen MR) is 108 cm³/mol. The number of primary amides is 1. The number of ketones is 1. The third-order valence-corrected chi connectivity index (χ3v) is 5.09. The van der Waals surface area contributed by atoms with Gasteiger partial charge in [-0.2, -0.15) is 0 Å². The van der Waals surface area contributed by atoms with Crippen LogP contribution in [0.4, 0.5) is 0 Å². The molecule has 4 N–H and O–H groups in total. The normalized spacial score (nSPS) is 18.9. The number of hydrogen-bond acceptors (Lipinski definition) is 7. The number of aromatic nitrogens is 2. The number of amides is 1. The van der Waals surface area contributed by atoms with Gasteiger partial charge >= 0.3 is 0 Å². The van der Waals surface area contributed by atoms with Gasteiger partial charge in [-0.3, -0.25) is 14.6 Å². The van der Waals surface area contributed by atoms with Gasteiger partial charge in [-0.25, -0.2) is 9.97 Å². The summed E-state index contributed by atoms with van der Waals surface area (Å²) in [6, 6.07) is 7.79. The van der Waals surface area contributed by atoms with E-state index in [0.29, 0.717) is 5.17 Å². The molecule has 0 unspecified atom stereocenters.